The number of benzene rings is 1. The summed E-state index contributed by atoms with van der Waals surface area (Å²) in [5.74, 6) is -0.352. The van der Waals surface area contributed by atoms with Crippen molar-refractivity contribution >= 4 is 5.97 Å². The second kappa shape index (κ2) is 5.53. The lowest BCUT2D eigenvalue weighted by Gasteiger charge is -2.09. The molecule has 0 saturated heterocycles. The number of aromatic nitrogens is 2. The Kier molecular flexibility index (Phi) is 3.82. The van der Waals surface area contributed by atoms with Crippen LogP contribution in [0.15, 0.2) is 30.5 Å². The minimum Gasteiger partial charge on any atom is -0.497 e. The Labute approximate surface area is 110 Å². The van der Waals surface area contributed by atoms with Gasteiger partial charge in [-0.25, -0.2) is 9.48 Å². The second-order valence-corrected chi connectivity index (χ2v) is 3.86. The van der Waals surface area contributed by atoms with E-state index >= 15 is 0 Å². The number of rotatable bonds is 5. The average Bonchev–Trinajstić information content (AvgIpc) is 2.83. The number of carbonyl (C=O) groups is 1. The number of carboxylic acids is 1. The zero-order chi connectivity index (χ0) is 13.8. The molecule has 1 aromatic heterocycles. The number of ether oxygens (including phenoxy) is 2. The lowest BCUT2D eigenvalue weighted by atomic mass is 10.2. The molecule has 0 unspecified atom stereocenters. The summed E-state index contributed by atoms with van der Waals surface area (Å²) >= 11 is 0. The van der Waals surface area contributed by atoms with Crippen LogP contribution >= 0.6 is 0 Å². The zero-order valence-electron chi connectivity index (χ0n) is 10.7. The highest BCUT2D eigenvalue weighted by molar-refractivity contribution is 5.88. The van der Waals surface area contributed by atoms with E-state index in [9.17, 15) is 4.79 Å². The van der Waals surface area contributed by atoms with Gasteiger partial charge < -0.3 is 14.6 Å². The molecule has 0 radical (unpaired) electrons. The number of methoxy groups -OCH3 is 2. The molecule has 0 amide bonds. The summed E-state index contributed by atoms with van der Waals surface area (Å²) in [6.07, 6.45) is 1.32. The quantitative estimate of drug-likeness (QED) is 0.888. The molecule has 6 heteroatoms. The first-order valence-corrected chi connectivity index (χ1v) is 5.61. The third-order valence-corrected chi connectivity index (χ3v) is 2.68. The van der Waals surface area contributed by atoms with Gasteiger partial charge in [-0.15, -0.1) is 0 Å². The maximum absolute atomic E-state index is 11.1. The van der Waals surface area contributed by atoms with Gasteiger partial charge in [0.05, 0.1) is 31.3 Å². The van der Waals surface area contributed by atoms with Crippen LogP contribution in [0.1, 0.15) is 16.1 Å². The molecule has 2 rings (SSSR count). The van der Waals surface area contributed by atoms with Gasteiger partial charge in [0, 0.05) is 13.2 Å². The molecule has 1 heterocycles. The van der Waals surface area contributed by atoms with Gasteiger partial charge in [-0.2, -0.15) is 5.10 Å². The molecule has 0 spiro atoms. The first-order chi connectivity index (χ1) is 9.17. The van der Waals surface area contributed by atoms with E-state index in [-0.39, 0.29) is 12.2 Å². The summed E-state index contributed by atoms with van der Waals surface area (Å²) < 4.78 is 11.7. The lowest BCUT2D eigenvalue weighted by Crippen LogP contribution is -2.07. The second-order valence-electron chi connectivity index (χ2n) is 3.86. The van der Waals surface area contributed by atoms with Crippen LogP contribution in [0.4, 0.5) is 0 Å². The van der Waals surface area contributed by atoms with E-state index in [0.717, 1.165) is 5.69 Å². The number of nitrogens with zero attached hydrogens (tertiary/aromatic N) is 2. The Hall–Kier alpha value is -2.34. The highest BCUT2D eigenvalue weighted by Crippen LogP contribution is 2.20. The van der Waals surface area contributed by atoms with Crippen molar-refractivity contribution in [1.29, 1.82) is 0 Å². The Morgan fingerprint density at radius 1 is 1.42 bits per heavy atom. The van der Waals surface area contributed by atoms with Gasteiger partial charge in [0.1, 0.15) is 11.3 Å². The van der Waals surface area contributed by atoms with E-state index in [4.69, 9.17) is 14.6 Å². The van der Waals surface area contributed by atoms with Crippen LogP contribution in [-0.2, 0) is 11.3 Å². The van der Waals surface area contributed by atoms with Crippen LogP contribution in [0.5, 0.6) is 5.75 Å². The summed E-state index contributed by atoms with van der Waals surface area (Å²) in [6, 6.07) is 7.21. The van der Waals surface area contributed by atoms with E-state index in [1.165, 1.54) is 18.0 Å². The Balaban J connectivity index is 2.51. The standard InChI is InChI=1S/C13H14N2O4/c1-18-8-12-11(13(16)17)7-14-15(12)9-4-3-5-10(6-9)19-2/h3-7H,8H2,1-2H3,(H,16,17). The monoisotopic (exact) mass is 262 g/mol. The highest BCUT2D eigenvalue weighted by Gasteiger charge is 2.17. The van der Waals surface area contributed by atoms with Gasteiger partial charge >= 0.3 is 5.97 Å². The van der Waals surface area contributed by atoms with E-state index < -0.39 is 5.97 Å². The number of hydrogen-bond donors (Lipinski definition) is 1. The van der Waals surface area contributed by atoms with Gasteiger partial charge in [-0.1, -0.05) is 6.07 Å². The predicted octanol–water partition coefficient (Wildman–Crippen LogP) is 1.73. The van der Waals surface area contributed by atoms with Gasteiger partial charge in [0.25, 0.3) is 0 Å². The SMILES string of the molecule is COCc1c(C(=O)O)cnn1-c1cccc(OC)c1. The lowest BCUT2D eigenvalue weighted by molar-refractivity contribution is 0.0691. The van der Waals surface area contributed by atoms with Crippen molar-refractivity contribution in [2.24, 2.45) is 0 Å². The molecule has 0 aliphatic heterocycles. The van der Waals surface area contributed by atoms with Crippen molar-refractivity contribution in [3.05, 3.63) is 41.7 Å². The van der Waals surface area contributed by atoms with Gasteiger partial charge in [0.2, 0.25) is 0 Å². The topological polar surface area (TPSA) is 73.6 Å². The molecular formula is C13H14N2O4. The molecule has 19 heavy (non-hydrogen) atoms. The molecule has 0 bridgehead atoms. The molecule has 1 aromatic carbocycles. The first-order valence-electron chi connectivity index (χ1n) is 5.61. The van der Waals surface area contributed by atoms with E-state index in [1.54, 1.807) is 19.2 Å². The summed E-state index contributed by atoms with van der Waals surface area (Å²) in [5.41, 5.74) is 1.34. The van der Waals surface area contributed by atoms with Gasteiger partial charge in [-0.3, -0.25) is 0 Å². The Bertz CT molecular complexity index is 592. The van der Waals surface area contributed by atoms with Gasteiger partial charge in [0.15, 0.2) is 0 Å². The van der Waals surface area contributed by atoms with Crippen molar-refractivity contribution in [2.45, 2.75) is 6.61 Å². The van der Waals surface area contributed by atoms with Crippen molar-refractivity contribution < 1.29 is 19.4 Å². The normalized spacial score (nSPS) is 10.4. The average molecular weight is 262 g/mol. The minimum absolute atomic E-state index is 0.129. The molecule has 0 fully saturated rings. The van der Waals surface area contributed by atoms with E-state index in [2.05, 4.69) is 5.10 Å². The van der Waals surface area contributed by atoms with E-state index in [1.807, 2.05) is 12.1 Å². The number of aromatic carboxylic acids is 1. The fourth-order valence-corrected chi connectivity index (χ4v) is 1.79. The molecule has 2 aromatic rings. The molecular weight excluding hydrogens is 248 g/mol. The third-order valence-electron chi connectivity index (χ3n) is 2.68. The molecule has 100 valence electrons. The molecule has 1 N–H and O–H groups in total. The summed E-state index contributed by atoms with van der Waals surface area (Å²) in [5, 5.41) is 13.2. The smallest absolute Gasteiger partial charge is 0.339 e. The number of carboxylic acid groups (broad SMARTS) is 1. The molecule has 0 atom stereocenters. The van der Waals surface area contributed by atoms with Crippen LogP contribution in [-0.4, -0.2) is 35.1 Å². The zero-order valence-corrected chi connectivity index (χ0v) is 10.7. The van der Waals surface area contributed by atoms with Crippen LogP contribution < -0.4 is 4.74 Å². The highest BCUT2D eigenvalue weighted by atomic mass is 16.5. The predicted molar refractivity (Wildman–Crippen MR) is 67.8 cm³/mol. The molecule has 0 aliphatic carbocycles. The van der Waals surface area contributed by atoms with Crippen LogP contribution in [0, 0.1) is 0 Å². The largest absolute Gasteiger partial charge is 0.497 e. The number of hydrogen-bond acceptors (Lipinski definition) is 4. The van der Waals surface area contributed by atoms with Crippen LogP contribution in [0.25, 0.3) is 5.69 Å². The van der Waals surface area contributed by atoms with Crippen LogP contribution in [0.3, 0.4) is 0 Å². The molecule has 6 nitrogen and oxygen atoms in total. The summed E-state index contributed by atoms with van der Waals surface area (Å²) in [4.78, 5) is 11.1. The Morgan fingerprint density at radius 2 is 2.21 bits per heavy atom. The maximum atomic E-state index is 11.1. The Morgan fingerprint density at radius 3 is 2.84 bits per heavy atom. The van der Waals surface area contributed by atoms with E-state index in [0.29, 0.717) is 11.4 Å². The first kappa shape index (κ1) is 13.1. The molecule has 0 aliphatic rings. The van der Waals surface area contributed by atoms with Crippen molar-refractivity contribution in [3.63, 3.8) is 0 Å². The fraction of sp³-hybridized carbons (Fsp3) is 0.231. The van der Waals surface area contributed by atoms with Crippen molar-refractivity contribution in [1.82, 2.24) is 9.78 Å². The van der Waals surface area contributed by atoms with Crippen LogP contribution in [0.2, 0.25) is 0 Å². The summed E-state index contributed by atoms with van der Waals surface area (Å²) in [6.45, 7) is 0.166. The van der Waals surface area contributed by atoms with Crippen molar-refractivity contribution in [3.8, 4) is 11.4 Å². The molecule has 0 saturated carbocycles. The summed E-state index contributed by atoms with van der Waals surface area (Å²) in [7, 11) is 3.08. The minimum atomic E-state index is -1.03. The van der Waals surface area contributed by atoms with Crippen molar-refractivity contribution in [2.75, 3.05) is 14.2 Å². The fourth-order valence-electron chi connectivity index (χ4n) is 1.79. The maximum Gasteiger partial charge on any atom is 0.339 e. The third kappa shape index (κ3) is 2.58. The van der Waals surface area contributed by atoms with Gasteiger partial charge in [-0.05, 0) is 12.1 Å².